The molecule has 3 aromatic rings. The summed E-state index contributed by atoms with van der Waals surface area (Å²) in [4.78, 5) is 4.34. The molecule has 148 valence electrons. The van der Waals surface area contributed by atoms with Gasteiger partial charge in [0.2, 0.25) is 5.82 Å². The Hall–Kier alpha value is -2.94. The van der Waals surface area contributed by atoms with E-state index in [9.17, 15) is 17.6 Å². The van der Waals surface area contributed by atoms with E-state index in [1.54, 1.807) is 36.4 Å². The Morgan fingerprint density at radius 1 is 1.18 bits per heavy atom. The Labute approximate surface area is 158 Å². The standard InChI is InChI=1S/C19H17F4N3O2/c1-11-14(6-3-7-15(11)24)16-25-17(28-26-16)13-5-2-4-12(8-13)9-27-10-19(22,23)18(20)21/h2-8,18H,9-10,24H2,1H3. The summed E-state index contributed by atoms with van der Waals surface area (Å²) >= 11 is 0. The Morgan fingerprint density at radius 3 is 2.68 bits per heavy atom. The number of anilines is 1. The average Bonchev–Trinajstić information content (AvgIpc) is 3.14. The van der Waals surface area contributed by atoms with Crippen molar-refractivity contribution in [1.29, 1.82) is 0 Å². The normalized spacial score (nSPS) is 11.9. The zero-order valence-corrected chi connectivity index (χ0v) is 14.8. The quantitative estimate of drug-likeness (QED) is 0.463. The number of nitrogens with two attached hydrogens (primary N) is 1. The molecule has 0 amide bonds. The number of alkyl halides is 4. The lowest BCUT2D eigenvalue weighted by atomic mass is 10.1. The van der Waals surface area contributed by atoms with Crippen LogP contribution < -0.4 is 5.73 Å². The summed E-state index contributed by atoms with van der Waals surface area (Å²) in [5.74, 6) is -3.61. The van der Waals surface area contributed by atoms with Crippen molar-refractivity contribution in [3.8, 4) is 22.8 Å². The van der Waals surface area contributed by atoms with Crippen LogP contribution in [0.2, 0.25) is 0 Å². The van der Waals surface area contributed by atoms with Gasteiger partial charge < -0.3 is 15.0 Å². The smallest absolute Gasteiger partial charge is 0.330 e. The van der Waals surface area contributed by atoms with E-state index >= 15 is 0 Å². The number of ether oxygens (including phenoxy) is 1. The summed E-state index contributed by atoms with van der Waals surface area (Å²) in [6.45, 7) is 0.216. The number of halogens is 4. The molecule has 0 radical (unpaired) electrons. The van der Waals surface area contributed by atoms with Gasteiger partial charge in [0.15, 0.2) is 0 Å². The first-order valence-electron chi connectivity index (χ1n) is 8.30. The van der Waals surface area contributed by atoms with Gasteiger partial charge in [-0.15, -0.1) is 0 Å². The molecule has 2 aromatic carbocycles. The van der Waals surface area contributed by atoms with Gasteiger partial charge in [-0.3, -0.25) is 0 Å². The van der Waals surface area contributed by atoms with Gasteiger partial charge in [0.1, 0.15) is 6.61 Å². The van der Waals surface area contributed by atoms with Crippen molar-refractivity contribution < 1.29 is 26.8 Å². The fourth-order valence-electron chi connectivity index (χ4n) is 2.51. The Kier molecular flexibility index (Phi) is 5.64. The second kappa shape index (κ2) is 7.97. The predicted octanol–water partition coefficient (Wildman–Crippen LogP) is 4.71. The molecular weight excluding hydrogens is 378 g/mol. The zero-order valence-electron chi connectivity index (χ0n) is 14.8. The van der Waals surface area contributed by atoms with Crippen LogP contribution in [0.4, 0.5) is 23.2 Å². The molecule has 0 atom stereocenters. The molecule has 1 heterocycles. The maximum absolute atomic E-state index is 12.9. The Bertz CT molecular complexity index is 960. The van der Waals surface area contributed by atoms with Crippen LogP contribution in [-0.2, 0) is 11.3 Å². The largest absolute Gasteiger partial charge is 0.398 e. The minimum Gasteiger partial charge on any atom is -0.398 e. The molecule has 2 N–H and O–H groups in total. The molecule has 0 aliphatic rings. The van der Waals surface area contributed by atoms with Crippen molar-refractivity contribution in [1.82, 2.24) is 10.1 Å². The minimum absolute atomic E-state index is 0.219. The van der Waals surface area contributed by atoms with Gasteiger partial charge in [0, 0.05) is 16.8 Å². The van der Waals surface area contributed by atoms with E-state index < -0.39 is 19.0 Å². The lowest BCUT2D eigenvalue weighted by molar-refractivity contribution is -0.168. The number of aromatic nitrogens is 2. The summed E-state index contributed by atoms with van der Waals surface area (Å²) < 4.78 is 60.1. The number of rotatable bonds is 7. The topological polar surface area (TPSA) is 74.2 Å². The zero-order chi connectivity index (χ0) is 20.3. The maximum atomic E-state index is 12.9. The van der Waals surface area contributed by atoms with Crippen LogP contribution in [0, 0.1) is 6.92 Å². The molecule has 9 heteroatoms. The summed E-state index contributed by atoms with van der Waals surface area (Å²) in [5.41, 5.74) is 9.08. The second-order valence-corrected chi connectivity index (χ2v) is 6.20. The Balaban J connectivity index is 1.74. The van der Waals surface area contributed by atoms with Crippen LogP contribution in [0.25, 0.3) is 22.8 Å². The van der Waals surface area contributed by atoms with Gasteiger partial charge >= 0.3 is 12.3 Å². The predicted molar refractivity (Wildman–Crippen MR) is 94.9 cm³/mol. The SMILES string of the molecule is Cc1c(N)cccc1-c1noc(-c2cccc(COCC(F)(F)C(F)F)c2)n1. The van der Waals surface area contributed by atoms with Gasteiger partial charge in [-0.25, -0.2) is 8.78 Å². The maximum Gasteiger partial charge on any atom is 0.330 e. The molecule has 0 spiro atoms. The van der Waals surface area contributed by atoms with Crippen LogP contribution in [0.1, 0.15) is 11.1 Å². The van der Waals surface area contributed by atoms with Crippen molar-refractivity contribution in [3.63, 3.8) is 0 Å². The summed E-state index contributed by atoms with van der Waals surface area (Å²) in [6.07, 6.45) is -3.77. The molecule has 0 saturated carbocycles. The average molecular weight is 395 g/mol. The van der Waals surface area contributed by atoms with Gasteiger partial charge in [-0.2, -0.15) is 13.8 Å². The first-order valence-corrected chi connectivity index (χ1v) is 8.30. The summed E-state index contributed by atoms with van der Waals surface area (Å²) in [5, 5.41) is 3.95. The van der Waals surface area contributed by atoms with E-state index in [-0.39, 0.29) is 12.5 Å². The molecule has 0 saturated heterocycles. The number of hydrogen-bond acceptors (Lipinski definition) is 5. The van der Waals surface area contributed by atoms with Gasteiger partial charge in [-0.05, 0) is 36.2 Å². The van der Waals surface area contributed by atoms with Gasteiger partial charge in [0.25, 0.3) is 5.89 Å². The highest BCUT2D eigenvalue weighted by Gasteiger charge is 2.40. The molecular formula is C19H17F4N3O2. The Morgan fingerprint density at radius 2 is 1.93 bits per heavy atom. The van der Waals surface area contributed by atoms with E-state index in [1.807, 2.05) is 13.0 Å². The monoisotopic (exact) mass is 395 g/mol. The van der Waals surface area contributed by atoms with Crippen LogP contribution in [0.5, 0.6) is 0 Å². The highest BCUT2D eigenvalue weighted by Crippen LogP contribution is 2.28. The third-order valence-electron chi connectivity index (χ3n) is 4.10. The molecule has 0 bridgehead atoms. The third kappa shape index (κ3) is 4.30. The fraction of sp³-hybridized carbons (Fsp3) is 0.263. The number of nitrogen functional groups attached to an aromatic ring is 1. The summed E-state index contributed by atoms with van der Waals surface area (Å²) in [6, 6.07) is 11.9. The highest BCUT2D eigenvalue weighted by atomic mass is 19.3. The van der Waals surface area contributed by atoms with E-state index in [0.717, 1.165) is 11.1 Å². The van der Waals surface area contributed by atoms with Crippen LogP contribution in [-0.4, -0.2) is 29.1 Å². The van der Waals surface area contributed by atoms with E-state index in [1.165, 1.54) is 0 Å². The van der Waals surface area contributed by atoms with Gasteiger partial charge in [-0.1, -0.05) is 29.4 Å². The lowest BCUT2D eigenvalue weighted by Gasteiger charge is -2.15. The highest BCUT2D eigenvalue weighted by molar-refractivity contribution is 5.68. The van der Waals surface area contributed by atoms with Crippen LogP contribution >= 0.6 is 0 Å². The van der Waals surface area contributed by atoms with E-state index in [4.69, 9.17) is 15.0 Å². The third-order valence-corrected chi connectivity index (χ3v) is 4.10. The molecule has 5 nitrogen and oxygen atoms in total. The second-order valence-electron chi connectivity index (χ2n) is 6.20. The molecule has 0 unspecified atom stereocenters. The van der Waals surface area contributed by atoms with E-state index in [2.05, 4.69) is 10.1 Å². The van der Waals surface area contributed by atoms with Crippen molar-refractivity contribution in [2.75, 3.05) is 12.3 Å². The first-order chi connectivity index (χ1) is 13.3. The molecule has 0 fully saturated rings. The fourth-order valence-corrected chi connectivity index (χ4v) is 2.51. The van der Waals surface area contributed by atoms with Crippen molar-refractivity contribution in [2.45, 2.75) is 25.9 Å². The summed E-state index contributed by atoms with van der Waals surface area (Å²) in [7, 11) is 0. The molecule has 28 heavy (non-hydrogen) atoms. The van der Waals surface area contributed by atoms with Crippen molar-refractivity contribution >= 4 is 5.69 Å². The van der Waals surface area contributed by atoms with Gasteiger partial charge in [0.05, 0.1) is 6.61 Å². The van der Waals surface area contributed by atoms with Crippen LogP contribution in [0.3, 0.4) is 0 Å². The molecule has 1 aromatic heterocycles. The lowest BCUT2D eigenvalue weighted by Crippen LogP contribution is -2.32. The number of nitrogens with zero attached hydrogens (tertiary/aromatic N) is 2. The van der Waals surface area contributed by atoms with Crippen molar-refractivity contribution in [3.05, 3.63) is 53.6 Å². The first kappa shape index (κ1) is 19.8. The van der Waals surface area contributed by atoms with Crippen LogP contribution in [0.15, 0.2) is 47.0 Å². The molecule has 0 aliphatic carbocycles. The molecule has 3 rings (SSSR count). The minimum atomic E-state index is -4.19. The number of benzene rings is 2. The molecule has 0 aliphatic heterocycles. The van der Waals surface area contributed by atoms with E-state index in [0.29, 0.717) is 22.6 Å². The number of hydrogen-bond donors (Lipinski definition) is 1. The van der Waals surface area contributed by atoms with Crippen molar-refractivity contribution in [2.24, 2.45) is 0 Å².